The van der Waals surface area contributed by atoms with Crippen LogP contribution in [0.1, 0.15) is 41.5 Å². The van der Waals surface area contributed by atoms with Crippen molar-refractivity contribution in [3.05, 3.63) is 95.8 Å². The zero-order chi connectivity index (χ0) is 30.2. The molecule has 1 fully saturated rings. The highest BCUT2D eigenvalue weighted by atomic mass is 32.2. The number of methoxy groups -OCH3 is 2. The molecule has 2 amide bonds. The number of hydrogen-bond donors (Lipinski definition) is 0. The Morgan fingerprint density at radius 2 is 1.56 bits per heavy atom. The maximum atomic E-state index is 13.1. The van der Waals surface area contributed by atoms with Gasteiger partial charge in [0.05, 0.1) is 14.2 Å². The van der Waals surface area contributed by atoms with Crippen molar-refractivity contribution in [2.24, 2.45) is 0 Å². The van der Waals surface area contributed by atoms with Crippen LogP contribution in [-0.2, 0) is 11.2 Å². The summed E-state index contributed by atoms with van der Waals surface area (Å²) in [5, 5.41) is 9.83. The Morgan fingerprint density at radius 1 is 0.884 bits per heavy atom. The highest BCUT2D eigenvalue weighted by molar-refractivity contribution is 7.99. The monoisotopic (exact) mass is 599 g/mol. The SMILES string of the molecule is COc1ccc(C(=O)N2CCN(C(=O)CCCSc3nnc(Cc4ccccc4)n3-c3ccc(OC)cc3)CC2C)cc1. The summed E-state index contributed by atoms with van der Waals surface area (Å²) in [7, 11) is 3.26. The number of carbonyl (C=O) groups excluding carboxylic acids is 2. The number of piperazine rings is 1. The highest BCUT2D eigenvalue weighted by Crippen LogP contribution is 2.26. The normalized spacial score (nSPS) is 14.9. The van der Waals surface area contributed by atoms with E-state index in [2.05, 4.69) is 26.9 Å². The van der Waals surface area contributed by atoms with E-state index in [-0.39, 0.29) is 17.9 Å². The van der Waals surface area contributed by atoms with Crippen LogP contribution in [0.4, 0.5) is 0 Å². The molecule has 1 unspecified atom stereocenters. The van der Waals surface area contributed by atoms with Crippen molar-refractivity contribution in [1.29, 1.82) is 0 Å². The molecule has 10 heteroatoms. The van der Waals surface area contributed by atoms with Crippen molar-refractivity contribution in [2.75, 3.05) is 39.6 Å². The molecule has 3 aromatic carbocycles. The number of hydrogen-bond acceptors (Lipinski definition) is 7. The van der Waals surface area contributed by atoms with E-state index in [9.17, 15) is 9.59 Å². The molecule has 43 heavy (non-hydrogen) atoms. The lowest BCUT2D eigenvalue weighted by Crippen LogP contribution is -2.55. The van der Waals surface area contributed by atoms with Crippen LogP contribution in [0.5, 0.6) is 11.5 Å². The van der Waals surface area contributed by atoms with Gasteiger partial charge in [-0.3, -0.25) is 14.2 Å². The summed E-state index contributed by atoms with van der Waals surface area (Å²) >= 11 is 1.60. The molecule has 1 atom stereocenters. The molecule has 0 radical (unpaired) electrons. The van der Waals surface area contributed by atoms with E-state index in [1.807, 2.05) is 59.2 Å². The molecule has 5 rings (SSSR count). The highest BCUT2D eigenvalue weighted by Gasteiger charge is 2.30. The summed E-state index contributed by atoms with van der Waals surface area (Å²) in [5.41, 5.74) is 2.75. The molecule has 4 aromatic rings. The molecular formula is C33H37N5O4S. The zero-order valence-corrected chi connectivity index (χ0v) is 25.6. The number of amides is 2. The largest absolute Gasteiger partial charge is 0.497 e. The average molecular weight is 600 g/mol. The number of rotatable bonds is 11. The summed E-state index contributed by atoms with van der Waals surface area (Å²) in [6, 6.07) is 25.2. The lowest BCUT2D eigenvalue weighted by Gasteiger charge is -2.40. The third-order valence-electron chi connectivity index (χ3n) is 7.58. The van der Waals surface area contributed by atoms with Crippen molar-refractivity contribution in [2.45, 2.75) is 37.4 Å². The van der Waals surface area contributed by atoms with Gasteiger partial charge in [0.1, 0.15) is 17.3 Å². The van der Waals surface area contributed by atoms with Gasteiger partial charge in [0.25, 0.3) is 5.91 Å². The van der Waals surface area contributed by atoms with E-state index < -0.39 is 0 Å². The first-order valence-corrected chi connectivity index (χ1v) is 15.4. The van der Waals surface area contributed by atoms with Crippen LogP contribution in [-0.4, -0.2) is 82.0 Å². The molecule has 1 aliphatic rings. The number of ether oxygens (including phenoxy) is 2. The van der Waals surface area contributed by atoms with Crippen molar-refractivity contribution < 1.29 is 19.1 Å². The second-order valence-corrected chi connectivity index (χ2v) is 11.5. The minimum atomic E-state index is -0.0623. The van der Waals surface area contributed by atoms with Crippen LogP contribution >= 0.6 is 11.8 Å². The molecule has 0 saturated carbocycles. The van der Waals surface area contributed by atoms with Gasteiger partial charge in [-0.15, -0.1) is 10.2 Å². The van der Waals surface area contributed by atoms with Crippen molar-refractivity contribution in [3.8, 4) is 17.2 Å². The Bertz CT molecular complexity index is 1510. The molecule has 0 bridgehead atoms. The van der Waals surface area contributed by atoms with Crippen LogP contribution in [0.15, 0.2) is 84.0 Å². The Morgan fingerprint density at radius 3 is 2.21 bits per heavy atom. The molecule has 0 aliphatic carbocycles. The van der Waals surface area contributed by atoms with E-state index in [1.165, 1.54) is 0 Å². The molecule has 0 spiro atoms. The van der Waals surface area contributed by atoms with Gasteiger partial charge in [-0.05, 0) is 67.4 Å². The van der Waals surface area contributed by atoms with E-state index in [4.69, 9.17) is 9.47 Å². The maximum Gasteiger partial charge on any atom is 0.254 e. The molecule has 1 aliphatic heterocycles. The lowest BCUT2D eigenvalue weighted by molar-refractivity contribution is -0.133. The van der Waals surface area contributed by atoms with Crippen molar-refractivity contribution in [3.63, 3.8) is 0 Å². The van der Waals surface area contributed by atoms with E-state index >= 15 is 0 Å². The van der Waals surface area contributed by atoms with E-state index in [1.54, 1.807) is 50.2 Å². The fraction of sp³-hybridized carbons (Fsp3) is 0.333. The standard InChI is InChI=1S/C33H37N5O4S/c1-24-23-36(19-20-37(24)32(40)26-11-15-28(41-2)16-12-26)31(39)10-7-21-43-33-35-34-30(22-25-8-5-4-6-9-25)38(33)27-13-17-29(42-3)18-14-27/h4-6,8-9,11-18,24H,7,10,19-23H2,1-3H3. The molecule has 1 saturated heterocycles. The number of carbonyl (C=O) groups is 2. The van der Waals surface area contributed by atoms with Gasteiger partial charge in [0.2, 0.25) is 5.91 Å². The second-order valence-electron chi connectivity index (χ2n) is 10.5. The predicted octanol–water partition coefficient (Wildman–Crippen LogP) is 5.12. The first-order valence-electron chi connectivity index (χ1n) is 14.4. The summed E-state index contributed by atoms with van der Waals surface area (Å²) in [6.07, 6.45) is 1.82. The second kappa shape index (κ2) is 14.2. The van der Waals surface area contributed by atoms with Gasteiger partial charge >= 0.3 is 0 Å². The van der Waals surface area contributed by atoms with Gasteiger partial charge in [0.15, 0.2) is 5.16 Å². The lowest BCUT2D eigenvalue weighted by atomic mass is 10.1. The smallest absolute Gasteiger partial charge is 0.254 e. The van der Waals surface area contributed by atoms with Crippen LogP contribution in [0, 0.1) is 0 Å². The first kappa shape index (κ1) is 30.2. The van der Waals surface area contributed by atoms with Crippen LogP contribution in [0.2, 0.25) is 0 Å². The Balaban J connectivity index is 1.16. The predicted molar refractivity (Wildman–Crippen MR) is 167 cm³/mol. The number of aromatic nitrogens is 3. The van der Waals surface area contributed by atoms with Gasteiger partial charge < -0.3 is 19.3 Å². The van der Waals surface area contributed by atoms with E-state index in [0.29, 0.717) is 50.2 Å². The Hall–Kier alpha value is -4.31. The van der Waals surface area contributed by atoms with Gasteiger partial charge in [-0.1, -0.05) is 42.1 Å². The number of thioether (sulfide) groups is 1. The molecule has 2 heterocycles. The minimum absolute atomic E-state index is 0.0220. The fourth-order valence-corrected chi connectivity index (χ4v) is 6.12. The van der Waals surface area contributed by atoms with Crippen LogP contribution < -0.4 is 9.47 Å². The van der Waals surface area contributed by atoms with Crippen molar-refractivity contribution in [1.82, 2.24) is 24.6 Å². The van der Waals surface area contributed by atoms with Gasteiger partial charge in [0, 0.05) is 55.5 Å². The third-order valence-corrected chi connectivity index (χ3v) is 8.60. The first-order chi connectivity index (χ1) is 21.0. The molecule has 224 valence electrons. The quantitative estimate of drug-likeness (QED) is 0.175. The summed E-state index contributed by atoms with van der Waals surface area (Å²) < 4.78 is 12.6. The number of nitrogens with zero attached hydrogens (tertiary/aromatic N) is 5. The third kappa shape index (κ3) is 7.37. The minimum Gasteiger partial charge on any atom is -0.497 e. The average Bonchev–Trinajstić information content (AvgIpc) is 3.45. The maximum absolute atomic E-state index is 13.1. The summed E-state index contributed by atoms with van der Waals surface area (Å²) in [6.45, 7) is 3.58. The van der Waals surface area contributed by atoms with E-state index in [0.717, 1.165) is 33.7 Å². The molecule has 1 aromatic heterocycles. The van der Waals surface area contributed by atoms with Gasteiger partial charge in [-0.2, -0.15) is 0 Å². The fourth-order valence-electron chi connectivity index (χ4n) is 5.21. The Kier molecular flexibility index (Phi) is 9.99. The topological polar surface area (TPSA) is 89.8 Å². The molecule has 9 nitrogen and oxygen atoms in total. The summed E-state index contributed by atoms with van der Waals surface area (Å²) in [4.78, 5) is 29.9. The van der Waals surface area contributed by atoms with Crippen molar-refractivity contribution >= 4 is 23.6 Å². The number of benzene rings is 3. The van der Waals surface area contributed by atoms with Crippen LogP contribution in [0.3, 0.4) is 0 Å². The Labute approximate surface area is 256 Å². The summed E-state index contributed by atoms with van der Waals surface area (Å²) in [5.74, 6) is 3.18. The zero-order valence-electron chi connectivity index (χ0n) is 24.8. The molecular weight excluding hydrogens is 562 g/mol. The molecule has 0 N–H and O–H groups in total. The van der Waals surface area contributed by atoms with Crippen LogP contribution in [0.25, 0.3) is 5.69 Å². The van der Waals surface area contributed by atoms with Gasteiger partial charge in [-0.25, -0.2) is 0 Å².